The van der Waals surface area contributed by atoms with E-state index in [-0.39, 0.29) is 11.6 Å². The topological polar surface area (TPSA) is 94.6 Å². The first-order valence-corrected chi connectivity index (χ1v) is 9.47. The lowest BCUT2D eigenvalue weighted by Crippen LogP contribution is -2.55. The summed E-state index contributed by atoms with van der Waals surface area (Å²) in [5.41, 5.74) is 9.81. The van der Waals surface area contributed by atoms with Gasteiger partial charge in [-0.2, -0.15) is 5.10 Å². The predicted molar refractivity (Wildman–Crippen MR) is 106 cm³/mol. The molecule has 4 aromatic rings. The Bertz CT molecular complexity index is 1080. The van der Waals surface area contributed by atoms with E-state index in [0.717, 1.165) is 35.1 Å². The second-order valence-electron chi connectivity index (χ2n) is 7.39. The zero-order valence-electron chi connectivity index (χ0n) is 15.5. The summed E-state index contributed by atoms with van der Waals surface area (Å²) in [5, 5.41) is 5.60. The Balaban J connectivity index is 1.31. The van der Waals surface area contributed by atoms with Crippen molar-refractivity contribution in [2.75, 3.05) is 6.54 Å². The van der Waals surface area contributed by atoms with E-state index < -0.39 is 0 Å². The molecule has 0 aliphatic heterocycles. The van der Waals surface area contributed by atoms with Gasteiger partial charge in [0.15, 0.2) is 0 Å². The van der Waals surface area contributed by atoms with Crippen LogP contribution in [0.2, 0.25) is 0 Å². The quantitative estimate of drug-likeness (QED) is 0.541. The van der Waals surface area contributed by atoms with Gasteiger partial charge in [-0.3, -0.25) is 4.68 Å². The first-order chi connectivity index (χ1) is 13.8. The largest absolute Gasteiger partial charge is 0.373 e. The summed E-state index contributed by atoms with van der Waals surface area (Å²) in [6.45, 7) is 1.16. The molecule has 1 aliphatic rings. The third kappa shape index (κ3) is 2.89. The van der Waals surface area contributed by atoms with Gasteiger partial charge in [0.05, 0.1) is 30.1 Å². The highest BCUT2D eigenvalue weighted by atomic mass is 16.5. The van der Waals surface area contributed by atoms with E-state index in [0.29, 0.717) is 13.2 Å². The Morgan fingerprint density at radius 2 is 2.04 bits per heavy atom. The lowest BCUT2D eigenvalue weighted by molar-refractivity contribution is -0.0817. The van der Waals surface area contributed by atoms with Gasteiger partial charge in [0.2, 0.25) is 0 Å². The van der Waals surface area contributed by atoms with Gasteiger partial charge in [0, 0.05) is 42.7 Å². The monoisotopic (exact) mass is 374 g/mol. The van der Waals surface area contributed by atoms with Crippen LogP contribution < -0.4 is 5.73 Å². The fourth-order valence-electron chi connectivity index (χ4n) is 3.95. The van der Waals surface area contributed by atoms with Gasteiger partial charge in [-0.05, 0) is 11.6 Å². The maximum Gasteiger partial charge on any atom is 0.141 e. The molecule has 0 spiro atoms. The number of aromatic nitrogens is 5. The lowest BCUT2D eigenvalue weighted by atomic mass is 9.74. The van der Waals surface area contributed by atoms with E-state index in [4.69, 9.17) is 10.5 Å². The van der Waals surface area contributed by atoms with E-state index in [1.165, 1.54) is 5.56 Å². The van der Waals surface area contributed by atoms with Crippen molar-refractivity contribution < 1.29 is 4.74 Å². The van der Waals surface area contributed by atoms with Gasteiger partial charge in [-0.25, -0.2) is 9.97 Å². The predicted octanol–water partition coefficient (Wildman–Crippen LogP) is 2.85. The SMILES string of the molecule is NCC1(n2cc(-c3ncnc4[nH]ccc34)cn2)CC(OCc2ccccc2)C1. The number of aromatic amines is 1. The Kier molecular flexibility index (Phi) is 4.18. The number of hydrogen-bond acceptors (Lipinski definition) is 5. The summed E-state index contributed by atoms with van der Waals surface area (Å²) in [6.07, 6.45) is 9.25. The molecular formula is C21H22N6O. The fourth-order valence-corrected chi connectivity index (χ4v) is 3.95. The number of nitrogens with two attached hydrogens (primary N) is 1. The number of H-pyrrole nitrogens is 1. The van der Waals surface area contributed by atoms with Crippen LogP contribution in [0.4, 0.5) is 0 Å². The van der Waals surface area contributed by atoms with E-state index in [1.807, 2.05) is 47.5 Å². The van der Waals surface area contributed by atoms with Crippen LogP contribution in [0.1, 0.15) is 18.4 Å². The molecule has 142 valence electrons. The van der Waals surface area contributed by atoms with Crippen LogP contribution in [0.25, 0.3) is 22.3 Å². The Morgan fingerprint density at radius 3 is 2.86 bits per heavy atom. The molecule has 5 rings (SSSR count). The number of nitrogens with zero attached hydrogens (tertiary/aromatic N) is 4. The average molecular weight is 374 g/mol. The molecule has 3 heterocycles. The number of hydrogen-bond donors (Lipinski definition) is 2. The number of nitrogens with one attached hydrogen (secondary N) is 1. The zero-order chi connectivity index (χ0) is 19.0. The molecule has 1 aromatic carbocycles. The standard InChI is InChI=1S/C21H22N6O/c22-13-21(8-17(9-21)28-12-15-4-2-1-3-5-15)27-11-16(10-26-27)19-18-6-7-23-20(18)25-14-24-19/h1-7,10-11,14,17H,8-9,12-13,22H2,(H,23,24,25). The maximum atomic E-state index is 6.15. The molecule has 7 nitrogen and oxygen atoms in total. The number of rotatable bonds is 6. The Morgan fingerprint density at radius 1 is 1.18 bits per heavy atom. The molecule has 7 heteroatoms. The summed E-state index contributed by atoms with van der Waals surface area (Å²) in [7, 11) is 0. The first kappa shape index (κ1) is 17.1. The first-order valence-electron chi connectivity index (χ1n) is 9.47. The van der Waals surface area contributed by atoms with E-state index in [2.05, 4.69) is 32.2 Å². The van der Waals surface area contributed by atoms with E-state index >= 15 is 0 Å². The van der Waals surface area contributed by atoms with Crippen LogP contribution in [0, 0.1) is 0 Å². The van der Waals surface area contributed by atoms with Crippen LogP contribution in [0.3, 0.4) is 0 Å². The molecule has 0 unspecified atom stereocenters. The highest BCUT2D eigenvalue weighted by Crippen LogP contribution is 2.41. The molecule has 0 atom stereocenters. The second-order valence-corrected chi connectivity index (χ2v) is 7.39. The number of benzene rings is 1. The van der Waals surface area contributed by atoms with Gasteiger partial charge in [0.25, 0.3) is 0 Å². The van der Waals surface area contributed by atoms with Gasteiger partial charge in [-0.15, -0.1) is 0 Å². The summed E-state index contributed by atoms with van der Waals surface area (Å²) >= 11 is 0. The van der Waals surface area contributed by atoms with Crippen LogP contribution in [-0.2, 0) is 16.9 Å². The van der Waals surface area contributed by atoms with E-state index in [1.54, 1.807) is 6.33 Å². The van der Waals surface area contributed by atoms with Crippen LogP contribution in [-0.4, -0.2) is 37.4 Å². The molecule has 0 amide bonds. The average Bonchev–Trinajstić information content (AvgIpc) is 3.38. The summed E-state index contributed by atoms with van der Waals surface area (Å²) < 4.78 is 8.05. The molecule has 1 fully saturated rings. The fraction of sp³-hybridized carbons (Fsp3) is 0.286. The van der Waals surface area contributed by atoms with Crippen LogP contribution in [0.5, 0.6) is 0 Å². The van der Waals surface area contributed by atoms with Crippen molar-refractivity contribution in [2.24, 2.45) is 5.73 Å². The molecule has 0 saturated heterocycles. The van der Waals surface area contributed by atoms with Gasteiger partial charge in [0.1, 0.15) is 12.0 Å². The molecule has 28 heavy (non-hydrogen) atoms. The van der Waals surface area contributed by atoms with Crippen molar-refractivity contribution >= 4 is 11.0 Å². The number of fused-ring (bicyclic) bond motifs is 1. The van der Waals surface area contributed by atoms with Crippen molar-refractivity contribution in [2.45, 2.75) is 31.1 Å². The third-order valence-corrected chi connectivity index (χ3v) is 5.62. The van der Waals surface area contributed by atoms with Crippen molar-refractivity contribution in [3.8, 4) is 11.3 Å². The minimum absolute atomic E-state index is 0.191. The van der Waals surface area contributed by atoms with Crippen LogP contribution in [0.15, 0.2) is 61.3 Å². The maximum absolute atomic E-state index is 6.15. The molecule has 3 N–H and O–H groups in total. The minimum atomic E-state index is -0.191. The molecule has 0 radical (unpaired) electrons. The second kappa shape index (κ2) is 6.85. The highest BCUT2D eigenvalue weighted by molar-refractivity contribution is 5.89. The van der Waals surface area contributed by atoms with Gasteiger partial charge in [-0.1, -0.05) is 30.3 Å². The summed E-state index contributed by atoms with van der Waals surface area (Å²) in [6, 6.07) is 12.2. The summed E-state index contributed by atoms with van der Waals surface area (Å²) in [4.78, 5) is 11.8. The Labute approximate surface area is 162 Å². The van der Waals surface area contributed by atoms with Crippen molar-refractivity contribution in [3.63, 3.8) is 0 Å². The molecular weight excluding hydrogens is 352 g/mol. The highest BCUT2D eigenvalue weighted by Gasteiger charge is 2.46. The minimum Gasteiger partial charge on any atom is -0.373 e. The lowest BCUT2D eigenvalue weighted by Gasteiger charge is -2.46. The number of ether oxygens (including phenoxy) is 1. The van der Waals surface area contributed by atoms with Crippen molar-refractivity contribution in [3.05, 3.63) is 66.9 Å². The van der Waals surface area contributed by atoms with Gasteiger partial charge >= 0.3 is 0 Å². The van der Waals surface area contributed by atoms with Crippen LogP contribution >= 0.6 is 0 Å². The van der Waals surface area contributed by atoms with Crippen molar-refractivity contribution in [1.29, 1.82) is 0 Å². The van der Waals surface area contributed by atoms with Crippen molar-refractivity contribution in [1.82, 2.24) is 24.7 Å². The third-order valence-electron chi connectivity index (χ3n) is 5.62. The molecule has 0 bridgehead atoms. The molecule has 3 aromatic heterocycles. The molecule has 1 aliphatic carbocycles. The summed E-state index contributed by atoms with van der Waals surface area (Å²) in [5.74, 6) is 0. The normalized spacial score (nSPS) is 21.7. The van der Waals surface area contributed by atoms with E-state index in [9.17, 15) is 0 Å². The smallest absolute Gasteiger partial charge is 0.141 e. The Hall–Kier alpha value is -3.03. The molecule has 1 saturated carbocycles. The zero-order valence-corrected chi connectivity index (χ0v) is 15.5. The van der Waals surface area contributed by atoms with Gasteiger partial charge < -0.3 is 15.5 Å².